The molecule has 3 nitrogen and oxygen atoms in total. The Balaban J connectivity index is 2.20. The van der Waals surface area contributed by atoms with Gasteiger partial charge in [0.15, 0.2) is 5.78 Å². The maximum atomic E-state index is 11.9. The zero-order chi connectivity index (χ0) is 9.80. The van der Waals surface area contributed by atoms with Crippen LogP contribution >= 0.6 is 0 Å². The molecule has 0 atom stereocenters. The zero-order valence-electron chi connectivity index (χ0n) is 7.79. The molecule has 14 heavy (non-hydrogen) atoms. The number of ketones is 1. The van der Waals surface area contributed by atoms with Crippen LogP contribution in [-0.2, 0) is 0 Å². The topological polar surface area (TPSA) is 41.1 Å². The highest BCUT2D eigenvalue weighted by Crippen LogP contribution is 2.07. The second-order valence-corrected chi connectivity index (χ2v) is 3.17. The molecule has 72 valence electrons. The van der Waals surface area contributed by atoms with Gasteiger partial charge in [-0.1, -0.05) is 30.3 Å². The van der Waals surface area contributed by atoms with Gasteiger partial charge in [0.2, 0.25) is 0 Å². The Hall–Kier alpha value is -1.61. The van der Waals surface area contributed by atoms with Crippen LogP contribution in [-0.4, -0.2) is 19.0 Å². The third-order valence-electron chi connectivity index (χ3n) is 2.15. The number of hydrogen-bond donors (Lipinski definition) is 2. The molecule has 0 saturated heterocycles. The van der Waals surface area contributed by atoms with Crippen LogP contribution in [0.3, 0.4) is 0 Å². The lowest BCUT2D eigenvalue weighted by Crippen LogP contribution is -2.34. The van der Waals surface area contributed by atoms with Crippen LogP contribution in [0.15, 0.2) is 42.1 Å². The fraction of sp³-hybridized carbons (Fsp3) is 0.182. The number of carbonyl (C=O) groups is 1. The average molecular weight is 188 g/mol. The summed E-state index contributed by atoms with van der Waals surface area (Å²) in [6.45, 7) is 1.37. The number of rotatable bonds is 2. The third-order valence-corrected chi connectivity index (χ3v) is 2.15. The molecule has 2 N–H and O–H groups in total. The minimum absolute atomic E-state index is 0.0882. The lowest BCUT2D eigenvalue weighted by molar-refractivity contribution is 0.103. The summed E-state index contributed by atoms with van der Waals surface area (Å²) in [5, 5.41) is 6.08. The summed E-state index contributed by atoms with van der Waals surface area (Å²) in [6.07, 6.45) is 1.78. The van der Waals surface area contributed by atoms with Crippen LogP contribution < -0.4 is 10.6 Å². The molecule has 1 aromatic rings. The molecule has 0 spiro atoms. The van der Waals surface area contributed by atoms with E-state index in [1.54, 1.807) is 6.20 Å². The van der Waals surface area contributed by atoms with Crippen LogP contribution in [0.4, 0.5) is 0 Å². The molecule has 1 heterocycles. The largest absolute Gasteiger partial charge is 0.378 e. The van der Waals surface area contributed by atoms with Crippen LogP contribution in [0.5, 0.6) is 0 Å². The number of Topliss-reactive ketones (excluding diaryl/α,β-unsaturated/α-hetero) is 1. The van der Waals surface area contributed by atoms with Gasteiger partial charge < -0.3 is 5.32 Å². The number of benzene rings is 1. The molecule has 1 aromatic carbocycles. The first-order chi connectivity index (χ1) is 6.88. The highest BCUT2D eigenvalue weighted by molar-refractivity contribution is 6.08. The summed E-state index contributed by atoms with van der Waals surface area (Å²) in [4.78, 5) is 11.9. The van der Waals surface area contributed by atoms with Crippen molar-refractivity contribution < 1.29 is 4.79 Å². The van der Waals surface area contributed by atoms with E-state index < -0.39 is 0 Å². The Morgan fingerprint density at radius 2 is 2.00 bits per heavy atom. The van der Waals surface area contributed by atoms with Crippen molar-refractivity contribution in [1.82, 2.24) is 10.6 Å². The minimum atomic E-state index is 0.0882. The van der Waals surface area contributed by atoms with E-state index in [0.717, 1.165) is 17.8 Å². The number of nitrogens with one attached hydrogen (secondary N) is 2. The van der Waals surface area contributed by atoms with E-state index in [-0.39, 0.29) is 5.78 Å². The Bertz CT molecular complexity index is 357. The van der Waals surface area contributed by atoms with Crippen LogP contribution in [0.1, 0.15) is 10.4 Å². The maximum Gasteiger partial charge on any atom is 0.191 e. The lowest BCUT2D eigenvalue weighted by atomic mass is 10.0. The van der Waals surface area contributed by atoms with Crippen molar-refractivity contribution >= 4 is 5.78 Å². The highest BCUT2D eigenvalue weighted by atomic mass is 16.1. The predicted octanol–water partition coefficient (Wildman–Crippen LogP) is 0.903. The standard InChI is InChI=1S/C11H12N2O/c14-11(9-4-2-1-3-5-9)10-6-12-8-13-7-10/h1-6,12-13H,7-8H2. The average Bonchev–Trinajstić information content (AvgIpc) is 2.30. The summed E-state index contributed by atoms with van der Waals surface area (Å²) < 4.78 is 0. The summed E-state index contributed by atoms with van der Waals surface area (Å²) in [5.41, 5.74) is 1.52. The number of hydrogen-bond acceptors (Lipinski definition) is 3. The Kier molecular flexibility index (Phi) is 2.60. The van der Waals surface area contributed by atoms with Crippen LogP contribution in [0.2, 0.25) is 0 Å². The maximum absolute atomic E-state index is 11.9. The first-order valence-electron chi connectivity index (χ1n) is 4.61. The van der Waals surface area contributed by atoms with E-state index in [2.05, 4.69) is 10.6 Å². The quantitative estimate of drug-likeness (QED) is 0.678. The molecule has 0 fully saturated rings. The highest BCUT2D eigenvalue weighted by Gasteiger charge is 2.12. The van der Waals surface area contributed by atoms with E-state index in [0.29, 0.717) is 6.54 Å². The molecule has 0 bridgehead atoms. The molecular formula is C11H12N2O. The Labute approximate surface area is 82.8 Å². The monoisotopic (exact) mass is 188 g/mol. The van der Waals surface area contributed by atoms with Gasteiger partial charge in [0.25, 0.3) is 0 Å². The second-order valence-electron chi connectivity index (χ2n) is 3.17. The van der Waals surface area contributed by atoms with Gasteiger partial charge >= 0.3 is 0 Å². The van der Waals surface area contributed by atoms with E-state index in [1.165, 1.54) is 0 Å². The smallest absolute Gasteiger partial charge is 0.191 e. The SMILES string of the molecule is O=C(C1=CNCNC1)c1ccccc1. The van der Waals surface area contributed by atoms with Gasteiger partial charge in [-0.3, -0.25) is 10.1 Å². The van der Waals surface area contributed by atoms with Crippen LogP contribution in [0, 0.1) is 0 Å². The van der Waals surface area contributed by atoms with E-state index in [4.69, 9.17) is 0 Å². The summed E-state index contributed by atoms with van der Waals surface area (Å²) in [5.74, 6) is 0.0882. The van der Waals surface area contributed by atoms with E-state index in [9.17, 15) is 4.79 Å². The molecule has 0 amide bonds. The van der Waals surface area contributed by atoms with Gasteiger partial charge in [-0.25, -0.2) is 0 Å². The first kappa shape index (κ1) is 8.97. The van der Waals surface area contributed by atoms with Crippen molar-refractivity contribution in [1.29, 1.82) is 0 Å². The Morgan fingerprint density at radius 3 is 2.64 bits per heavy atom. The van der Waals surface area contributed by atoms with Gasteiger partial charge in [0.05, 0.1) is 6.67 Å². The lowest BCUT2D eigenvalue weighted by Gasteiger charge is -2.14. The van der Waals surface area contributed by atoms with Gasteiger partial charge in [0, 0.05) is 23.9 Å². The van der Waals surface area contributed by atoms with E-state index >= 15 is 0 Å². The third kappa shape index (κ3) is 1.83. The molecule has 0 aromatic heterocycles. The number of carbonyl (C=O) groups excluding carboxylic acids is 1. The van der Waals surface area contributed by atoms with Crippen molar-refractivity contribution in [3.05, 3.63) is 47.7 Å². The molecule has 3 heteroatoms. The second kappa shape index (κ2) is 4.07. The summed E-state index contributed by atoms with van der Waals surface area (Å²) >= 11 is 0. The van der Waals surface area contributed by atoms with Crippen molar-refractivity contribution in [2.45, 2.75) is 0 Å². The van der Waals surface area contributed by atoms with Crippen molar-refractivity contribution in [3.8, 4) is 0 Å². The molecule has 1 aliphatic rings. The molecule has 2 rings (SSSR count). The van der Waals surface area contributed by atoms with Gasteiger partial charge in [-0.2, -0.15) is 0 Å². The molecule has 0 saturated carbocycles. The fourth-order valence-electron chi connectivity index (χ4n) is 1.42. The summed E-state index contributed by atoms with van der Waals surface area (Å²) in [6, 6.07) is 9.31. The van der Waals surface area contributed by atoms with Crippen molar-refractivity contribution in [2.75, 3.05) is 13.2 Å². The predicted molar refractivity (Wildman–Crippen MR) is 54.9 cm³/mol. The normalized spacial score (nSPS) is 15.6. The molecule has 1 aliphatic heterocycles. The molecule has 0 aliphatic carbocycles. The van der Waals surface area contributed by atoms with Crippen molar-refractivity contribution in [2.24, 2.45) is 0 Å². The van der Waals surface area contributed by atoms with Gasteiger partial charge in [-0.15, -0.1) is 0 Å². The minimum Gasteiger partial charge on any atom is -0.378 e. The summed E-state index contributed by atoms with van der Waals surface area (Å²) in [7, 11) is 0. The van der Waals surface area contributed by atoms with E-state index in [1.807, 2.05) is 30.3 Å². The van der Waals surface area contributed by atoms with Gasteiger partial charge in [0.1, 0.15) is 0 Å². The molecule has 0 radical (unpaired) electrons. The zero-order valence-corrected chi connectivity index (χ0v) is 7.79. The first-order valence-corrected chi connectivity index (χ1v) is 4.61. The van der Waals surface area contributed by atoms with Crippen LogP contribution in [0.25, 0.3) is 0 Å². The van der Waals surface area contributed by atoms with Gasteiger partial charge in [-0.05, 0) is 0 Å². The Morgan fingerprint density at radius 1 is 1.21 bits per heavy atom. The fourth-order valence-corrected chi connectivity index (χ4v) is 1.42. The molecular weight excluding hydrogens is 176 g/mol. The molecule has 0 unspecified atom stereocenters. The van der Waals surface area contributed by atoms with Crippen molar-refractivity contribution in [3.63, 3.8) is 0 Å².